The van der Waals surface area contributed by atoms with E-state index < -0.39 is 8.07 Å². The molecule has 12 heteroatoms. The molecule has 0 saturated carbocycles. The van der Waals surface area contributed by atoms with Crippen LogP contribution in [0.3, 0.4) is 0 Å². The molecule has 1 aromatic carbocycles. The molecule has 10 nitrogen and oxygen atoms in total. The molecule has 3 heterocycles. The molecule has 1 unspecified atom stereocenters. The van der Waals surface area contributed by atoms with Gasteiger partial charge in [0.2, 0.25) is 5.95 Å². The molecule has 0 fully saturated rings. The normalized spacial score (nSPS) is 14.2. The summed E-state index contributed by atoms with van der Waals surface area (Å²) in [7, 11) is 4.48. The molecule has 0 bridgehead atoms. The van der Waals surface area contributed by atoms with E-state index in [2.05, 4.69) is 41.0 Å². The summed E-state index contributed by atoms with van der Waals surface area (Å²) in [6, 6.07) is 12.7. The Kier molecular flexibility index (Phi) is 10.4. The fourth-order valence-electron chi connectivity index (χ4n) is 4.52. The van der Waals surface area contributed by atoms with Gasteiger partial charge in [0, 0.05) is 71.7 Å². The standard InChI is InChI=1S/C30H42N6O4SSi/c1-34(2)29-32-21-24-27(33-29)35(3)15-16-36(28(24)37)22-10-7-11-23(20-22)40-25(26-13-9-18-41-26)12-8-17-39-30(38)31-14-19-42(4,5)6/h7,9-11,13,18,20-21,25H,8,12,14-17,19H2,1-6H3,(H,31,38). The molecule has 42 heavy (non-hydrogen) atoms. The van der Waals surface area contributed by atoms with E-state index in [4.69, 9.17) is 9.47 Å². The molecule has 226 valence electrons. The summed E-state index contributed by atoms with van der Waals surface area (Å²) in [5.41, 5.74) is 1.21. The van der Waals surface area contributed by atoms with Gasteiger partial charge >= 0.3 is 6.09 Å². The highest BCUT2D eigenvalue weighted by Crippen LogP contribution is 2.33. The van der Waals surface area contributed by atoms with E-state index in [1.54, 1.807) is 22.4 Å². The van der Waals surface area contributed by atoms with Crippen LogP contribution in [0.1, 0.15) is 34.2 Å². The van der Waals surface area contributed by atoms with E-state index in [9.17, 15) is 9.59 Å². The van der Waals surface area contributed by atoms with Crippen molar-refractivity contribution in [2.24, 2.45) is 0 Å². The smallest absolute Gasteiger partial charge is 0.407 e. The third-order valence-corrected chi connectivity index (χ3v) is 9.62. The molecule has 2 aromatic heterocycles. The van der Waals surface area contributed by atoms with Gasteiger partial charge in [-0.1, -0.05) is 31.8 Å². The summed E-state index contributed by atoms with van der Waals surface area (Å²) < 4.78 is 11.9. The summed E-state index contributed by atoms with van der Waals surface area (Å²) >= 11 is 1.63. The molecule has 1 atom stereocenters. The number of nitrogens with zero attached hydrogens (tertiary/aromatic N) is 5. The monoisotopic (exact) mass is 610 g/mol. The van der Waals surface area contributed by atoms with Gasteiger partial charge in [0.15, 0.2) is 0 Å². The average molecular weight is 611 g/mol. The molecule has 0 aliphatic carbocycles. The van der Waals surface area contributed by atoms with Gasteiger partial charge in [-0.15, -0.1) is 11.3 Å². The van der Waals surface area contributed by atoms with Crippen LogP contribution < -0.4 is 24.8 Å². The van der Waals surface area contributed by atoms with Crippen LogP contribution in [0.2, 0.25) is 25.7 Å². The van der Waals surface area contributed by atoms with E-state index in [0.717, 1.165) is 16.6 Å². The Morgan fingerprint density at radius 3 is 2.71 bits per heavy atom. The number of anilines is 3. The first-order valence-electron chi connectivity index (χ1n) is 14.3. The van der Waals surface area contributed by atoms with Crippen LogP contribution in [-0.4, -0.2) is 77.4 Å². The number of amides is 2. The lowest BCUT2D eigenvalue weighted by molar-refractivity contribution is 0.0989. The molecule has 0 radical (unpaired) electrons. The number of hydrogen-bond donors (Lipinski definition) is 1. The zero-order chi connectivity index (χ0) is 30.3. The number of aromatic nitrogens is 2. The van der Waals surface area contributed by atoms with Crippen LogP contribution in [-0.2, 0) is 4.74 Å². The molecule has 3 aromatic rings. The summed E-state index contributed by atoms with van der Waals surface area (Å²) in [5, 5.41) is 4.88. The number of carbonyl (C=O) groups excluding carboxylic acids is 2. The Labute approximate surface area is 253 Å². The number of ether oxygens (including phenoxy) is 2. The molecule has 2 amide bonds. The summed E-state index contributed by atoms with van der Waals surface area (Å²) in [4.78, 5) is 41.4. The maximum absolute atomic E-state index is 13.7. The van der Waals surface area contributed by atoms with Crippen molar-refractivity contribution < 1.29 is 19.1 Å². The van der Waals surface area contributed by atoms with Crippen LogP contribution in [0.15, 0.2) is 48.0 Å². The Bertz CT molecular complexity index is 1350. The lowest BCUT2D eigenvalue weighted by Crippen LogP contribution is -2.33. The SMILES string of the molecule is CN(C)c1ncc2c(n1)N(C)CCN(c1cccc(OC(CCCOC(=O)NCC[Si](C)(C)C)c3cccs3)c1)C2=O. The first-order valence-corrected chi connectivity index (χ1v) is 18.9. The maximum Gasteiger partial charge on any atom is 0.407 e. The predicted molar refractivity (Wildman–Crippen MR) is 172 cm³/mol. The highest BCUT2D eigenvalue weighted by molar-refractivity contribution is 7.10. The summed E-state index contributed by atoms with van der Waals surface area (Å²) in [6.45, 7) is 8.92. The second kappa shape index (κ2) is 14.0. The van der Waals surface area contributed by atoms with Gasteiger partial charge in [-0.25, -0.2) is 9.78 Å². The zero-order valence-corrected chi connectivity index (χ0v) is 27.2. The topological polar surface area (TPSA) is 100 Å². The second-order valence-corrected chi connectivity index (χ2v) is 18.4. The van der Waals surface area contributed by atoms with E-state index in [-0.39, 0.29) is 18.1 Å². The number of nitrogens with one attached hydrogen (secondary N) is 1. The summed E-state index contributed by atoms with van der Waals surface area (Å²) in [5.74, 6) is 1.70. The maximum atomic E-state index is 13.7. The van der Waals surface area contributed by atoms with Crippen molar-refractivity contribution in [1.82, 2.24) is 15.3 Å². The van der Waals surface area contributed by atoms with Crippen LogP contribution in [0.5, 0.6) is 5.75 Å². The van der Waals surface area contributed by atoms with E-state index >= 15 is 0 Å². The average Bonchev–Trinajstić information content (AvgIpc) is 3.45. The van der Waals surface area contributed by atoms with Gasteiger partial charge < -0.3 is 29.5 Å². The Hall–Kier alpha value is -3.64. The van der Waals surface area contributed by atoms with E-state index in [1.165, 1.54) is 0 Å². The number of thiophene rings is 1. The first kappa shape index (κ1) is 31.3. The minimum Gasteiger partial charge on any atom is -0.485 e. The quantitative estimate of drug-likeness (QED) is 0.207. The van der Waals surface area contributed by atoms with Gasteiger partial charge in [0.25, 0.3) is 5.91 Å². The third-order valence-electron chi connectivity index (χ3n) is 6.91. The van der Waals surface area contributed by atoms with Crippen LogP contribution in [0.4, 0.5) is 22.2 Å². The number of alkyl carbamates (subject to hydrolysis) is 1. The lowest BCUT2D eigenvalue weighted by Gasteiger charge is -2.23. The van der Waals surface area contributed by atoms with Crippen LogP contribution in [0.25, 0.3) is 0 Å². The molecule has 1 aliphatic rings. The van der Waals surface area contributed by atoms with Crippen LogP contribution in [0, 0.1) is 0 Å². The molecule has 0 spiro atoms. The number of hydrogen-bond acceptors (Lipinski definition) is 9. The molecule has 4 rings (SSSR count). The molecular weight excluding hydrogens is 569 g/mol. The van der Waals surface area contributed by atoms with E-state index in [1.807, 2.05) is 66.7 Å². The van der Waals surface area contributed by atoms with Crippen molar-refractivity contribution in [3.05, 3.63) is 58.4 Å². The second-order valence-electron chi connectivity index (χ2n) is 11.8. The zero-order valence-electron chi connectivity index (χ0n) is 25.4. The largest absolute Gasteiger partial charge is 0.485 e. The number of benzene rings is 1. The number of fused-ring (bicyclic) bond motifs is 1. The number of rotatable bonds is 12. The molecule has 1 N–H and O–H groups in total. The van der Waals surface area contributed by atoms with Gasteiger partial charge in [-0.2, -0.15) is 4.98 Å². The van der Waals surface area contributed by atoms with Crippen LogP contribution >= 0.6 is 11.3 Å². The van der Waals surface area contributed by atoms with Crippen molar-refractivity contribution in [1.29, 1.82) is 0 Å². The fourth-order valence-corrected chi connectivity index (χ4v) is 6.18. The van der Waals surface area contributed by atoms with Gasteiger partial charge in [-0.3, -0.25) is 4.79 Å². The Balaban J connectivity index is 1.41. The lowest BCUT2D eigenvalue weighted by atomic mass is 10.1. The molecule has 1 aliphatic heterocycles. The van der Waals surface area contributed by atoms with Crippen molar-refractivity contribution in [3.8, 4) is 5.75 Å². The van der Waals surface area contributed by atoms with Crippen molar-refractivity contribution in [2.75, 3.05) is 62.1 Å². The predicted octanol–water partition coefficient (Wildman–Crippen LogP) is 5.67. The van der Waals surface area contributed by atoms with E-state index in [0.29, 0.717) is 62.2 Å². The van der Waals surface area contributed by atoms with Gasteiger partial charge in [0.1, 0.15) is 23.2 Å². The number of likely N-dealkylation sites (N-methyl/N-ethyl adjacent to an activating group) is 1. The highest BCUT2D eigenvalue weighted by atomic mass is 32.1. The van der Waals surface area contributed by atoms with Crippen molar-refractivity contribution in [2.45, 2.75) is 44.6 Å². The van der Waals surface area contributed by atoms with Crippen molar-refractivity contribution >= 4 is 48.9 Å². The van der Waals surface area contributed by atoms with Crippen molar-refractivity contribution in [3.63, 3.8) is 0 Å². The first-order chi connectivity index (χ1) is 20.0. The molecule has 0 saturated heterocycles. The van der Waals surface area contributed by atoms with Gasteiger partial charge in [-0.05, 0) is 42.5 Å². The Morgan fingerprint density at radius 1 is 1.19 bits per heavy atom. The third kappa shape index (κ3) is 8.45. The minimum absolute atomic E-state index is 0.146. The number of carbonyl (C=O) groups is 2. The summed E-state index contributed by atoms with van der Waals surface area (Å²) in [6.07, 6.45) is 2.37. The molecular formula is C30H42N6O4SSi. The highest BCUT2D eigenvalue weighted by Gasteiger charge is 2.28. The minimum atomic E-state index is -1.21. The Morgan fingerprint density at radius 2 is 2.00 bits per heavy atom. The fraction of sp³-hybridized carbons (Fsp3) is 0.467. The van der Waals surface area contributed by atoms with Gasteiger partial charge in [0.05, 0.1) is 6.61 Å².